The van der Waals surface area contributed by atoms with Gasteiger partial charge in [-0.25, -0.2) is 0 Å². The maximum atomic E-state index is 12.9. The Morgan fingerprint density at radius 1 is 0.298 bits per heavy atom. The predicted molar refractivity (Wildman–Crippen MR) is 453 cm³/mol. The van der Waals surface area contributed by atoms with E-state index < -0.39 is 26.5 Å². The van der Waals surface area contributed by atoms with Gasteiger partial charge in [-0.2, -0.15) is 0 Å². The molecular formula is C94H184NO8P. The quantitative estimate of drug-likeness (QED) is 0.0195. The van der Waals surface area contributed by atoms with Crippen molar-refractivity contribution >= 4 is 19.8 Å². The minimum Gasteiger partial charge on any atom is -0.756 e. The molecule has 0 amide bonds. The highest BCUT2D eigenvalue weighted by Gasteiger charge is 2.22. The first kappa shape index (κ1) is 102. The van der Waals surface area contributed by atoms with E-state index in [1.165, 1.54) is 443 Å². The third-order valence-electron chi connectivity index (χ3n) is 22.0. The molecule has 0 aliphatic rings. The molecule has 9 nitrogen and oxygen atoms in total. The van der Waals surface area contributed by atoms with E-state index in [0.29, 0.717) is 17.4 Å². The Morgan fingerprint density at radius 3 is 0.760 bits per heavy atom. The number of ether oxygens (including phenoxy) is 2. The molecule has 0 N–H and O–H groups in total. The zero-order chi connectivity index (χ0) is 75.4. The van der Waals surface area contributed by atoms with Crippen LogP contribution in [0.3, 0.4) is 0 Å². The number of phosphoric ester groups is 1. The highest BCUT2D eigenvalue weighted by molar-refractivity contribution is 7.45. The Balaban J connectivity index is 3.80. The van der Waals surface area contributed by atoms with Crippen LogP contribution in [0.4, 0.5) is 0 Å². The van der Waals surface area contributed by atoms with E-state index in [9.17, 15) is 19.0 Å². The van der Waals surface area contributed by atoms with Crippen LogP contribution >= 0.6 is 7.82 Å². The molecule has 0 bridgehead atoms. The summed E-state index contributed by atoms with van der Waals surface area (Å²) in [7, 11) is 1.20. The smallest absolute Gasteiger partial charge is 0.306 e. The Morgan fingerprint density at radius 2 is 0.519 bits per heavy atom. The number of likely N-dealkylation sites (N-methyl/N-ethyl adjacent to an activating group) is 1. The van der Waals surface area contributed by atoms with Gasteiger partial charge < -0.3 is 27.9 Å². The minimum absolute atomic E-state index is 0.0257. The number of nitrogens with zero attached hydrogens (tertiary/aromatic N) is 1. The fourth-order valence-electron chi connectivity index (χ4n) is 14.8. The van der Waals surface area contributed by atoms with E-state index in [1.54, 1.807) is 0 Å². The molecule has 0 aromatic rings. The van der Waals surface area contributed by atoms with Gasteiger partial charge in [0.15, 0.2) is 6.10 Å². The highest BCUT2D eigenvalue weighted by Crippen LogP contribution is 2.38. The van der Waals surface area contributed by atoms with Gasteiger partial charge in [0, 0.05) is 12.8 Å². The molecule has 0 aliphatic carbocycles. The normalized spacial score (nSPS) is 12.9. The molecule has 2 atom stereocenters. The van der Waals surface area contributed by atoms with Gasteiger partial charge in [0.05, 0.1) is 27.7 Å². The highest BCUT2D eigenvalue weighted by atomic mass is 31.2. The number of unbranched alkanes of at least 4 members (excludes halogenated alkanes) is 72. The average Bonchev–Trinajstić information content (AvgIpc) is 0.915. The van der Waals surface area contributed by atoms with Crippen molar-refractivity contribution in [2.75, 3.05) is 47.5 Å². The number of carbonyl (C=O) groups excluding carboxylic acids is 2. The van der Waals surface area contributed by atoms with Crippen LogP contribution in [0.5, 0.6) is 0 Å². The molecule has 104 heavy (non-hydrogen) atoms. The molecule has 0 saturated heterocycles. The zero-order valence-corrected chi connectivity index (χ0v) is 71.9. The van der Waals surface area contributed by atoms with Crippen LogP contribution in [-0.2, 0) is 32.7 Å². The first-order valence-electron chi connectivity index (χ1n) is 47.0. The summed E-state index contributed by atoms with van der Waals surface area (Å²) in [5.74, 6) is -0.800. The van der Waals surface area contributed by atoms with Gasteiger partial charge in [-0.05, 0) is 44.9 Å². The first-order valence-corrected chi connectivity index (χ1v) is 48.5. The second-order valence-corrected chi connectivity index (χ2v) is 35.2. The molecule has 0 aromatic carbocycles. The lowest BCUT2D eigenvalue weighted by molar-refractivity contribution is -0.870. The largest absolute Gasteiger partial charge is 0.756 e. The van der Waals surface area contributed by atoms with Crippen molar-refractivity contribution in [1.82, 2.24) is 0 Å². The monoisotopic (exact) mass is 1490 g/mol. The van der Waals surface area contributed by atoms with Crippen LogP contribution in [-0.4, -0.2) is 70.0 Å². The maximum Gasteiger partial charge on any atom is 0.306 e. The van der Waals surface area contributed by atoms with Gasteiger partial charge >= 0.3 is 11.9 Å². The molecule has 0 saturated carbocycles. The van der Waals surface area contributed by atoms with E-state index in [-0.39, 0.29) is 32.0 Å². The van der Waals surface area contributed by atoms with Crippen LogP contribution in [0.2, 0.25) is 0 Å². The van der Waals surface area contributed by atoms with E-state index >= 15 is 0 Å². The zero-order valence-electron chi connectivity index (χ0n) is 71.0. The molecule has 618 valence electrons. The molecule has 10 heteroatoms. The number of hydrogen-bond acceptors (Lipinski definition) is 8. The summed E-state index contributed by atoms with van der Waals surface area (Å²) in [6, 6.07) is 0. The molecule has 0 aromatic heterocycles. The van der Waals surface area contributed by atoms with Crippen LogP contribution in [0, 0.1) is 0 Å². The van der Waals surface area contributed by atoms with Gasteiger partial charge in [0.25, 0.3) is 7.82 Å². The van der Waals surface area contributed by atoms with E-state index in [4.69, 9.17) is 18.5 Å². The topological polar surface area (TPSA) is 111 Å². The van der Waals surface area contributed by atoms with Crippen molar-refractivity contribution < 1.29 is 42.1 Å². The number of quaternary nitrogens is 1. The van der Waals surface area contributed by atoms with Gasteiger partial charge in [0.1, 0.15) is 19.8 Å². The fourth-order valence-corrected chi connectivity index (χ4v) is 15.5. The molecule has 2 unspecified atom stereocenters. The second kappa shape index (κ2) is 85.5. The number of hydrogen-bond donors (Lipinski definition) is 0. The molecular weight excluding hydrogens is 1300 g/mol. The lowest BCUT2D eigenvalue weighted by atomic mass is 10.0. The van der Waals surface area contributed by atoms with Crippen molar-refractivity contribution in [2.45, 2.75) is 521 Å². The summed E-state index contributed by atoms with van der Waals surface area (Å²) in [6.07, 6.45) is 112. The Hall–Kier alpha value is -1.51. The lowest BCUT2D eigenvalue weighted by Gasteiger charge is -2.28. The Bertz CT molecular complexity index is 1800. The van der Waals surface area contributed by atoms with Crippen molar-refractivity contribution in [3.05, 3.63) is 24.3 Å². The number of carbonyl (C=O) groups is 2. The maximum absolute atomic E-state index is 12.9. The predicted octanol–water partition coefficient (Wildman–Crippen LogP) is 31.2. The summed E-state index contributed by atoms with van der Waals surface area (Å²) >= 11 is 0. The van der Waals surface area contributed by atoms with Crippen molar-refractivity contribution in [3.63, 3.8) is 0 Å². The third-order valence-corrected chi connectivity index (χ3v) is 22.9. The summed E-state index contributed by atoms with van der Waals surface area (Å²) in [6.45, 7) is 4.34. The van der Waals surface area contributed by atoms with Gasteiger partial charge in [-0.1, -0.05) is 481 Å². The average molecular weight is 1490 g/mol. The molecule has 0 fully saturated rings. The second-order valence-electron chi connectivity index (χ2n) is 33.7. The molecule has 0 rings (SSSR count). The van der Waals surface area contributed by atoms with E-state index in [1.807, 2.05) is 21.1 Å². The molecule has 0 radical (unpaired) electrons. The van der Waals surface area contributed by atoms with Crippen molar-refractivity contribution in [1.29, 1.82) is 0 Å². The van der Waals surface area contributed by atoms with Crippen LogP contribution in [0.25, 0.3) is 0 Å². The van der Waals surface area contributed by atoms with E-state index in [2.05, 4.69) is 38.2 Å². The minimum atomic E-state index is -4.64. The summed E-state index contributed by atoms with van der Waals surface area (Å²) in [5, 5.41) is 0. The molecule has 0 spiro atoms. The fraction of sp³-hybridized carbons (Fsp3) is 0.936. The third kappa shape index (κ3) is 89.4. The van der Waals surface area contributed by atoms with Crippen LogP contribution < -0.4 is 4.89 Å². The summed E-state index contributed by atoms with van der Waals surface area (Å²) < 4.78 is 34.5. The van der Waals surface area contributed by atoms with Crippen LogP contribution in [0.15, 0.2) is 24.3 Å². The van der Waals surface area contributed by atoms with Gasteiger partial charge in [-0.3, -0.25) is 14.2 Å². The summed E-state index contributed by atoms with van der Waals surface area (Å²) in [4.78, 5) is 38.3. The molecule has 0 aliphatic heterocycles. The van der Waals surface area contributed by atoms with Gasteiger partial charge in [0.2, 0.25) is 0 Å². The van der Waals surface area contributed by atoms with E-state index in [0.717, 1.165) is 38.5 Å². The number of rotatable bonds is 90. The van der Waals surface area contributed by atoms with Crippen molar-refractivity contribution in [3.8, 4) is 0 Å². The molecule has 0 heterocycles. The summed E-state index contributed by atoms with van der Waals surface area (Å²) in [5.41, 5.74) is 0. The number of allylic oxidation sites excluding steroid dienone is 4. The Kier molecular flexibility index (Phi) is 84.2. The lowest BCUT2D eigenvalue weighted by Crippen LogP contribution is -2.37. The standard InChI is InChI=1S/C94H184NO8P/c1-6-8-10-12-14-16-18-20-22-24-26-28-30-32-34-36-38-40-42-44-46-47-49-50-52-54-56-58-60-62-64-66-68-70-72-74-76-78-80-82-84-86-93(96)100-90-92(91-102-104(98,99)101-89-88-95(3,4)5)103-94(97)87-85-83-81-79-77-75-73-71-69-67-65-63-61-59-57-55-53-51-48-45-43-41-39-37-35-33-31-29-27-25-23-21-19-17-15-13-11-9-7-2/h19,21,25,27,92H,6-18,20,22-24,26,28-91H2,1-5H3/b21-19-,27-25-. The van der Waals surface area contributed by atoms with Gasteiger partial charge in [-0.15, -0.1) is 0 Å². The SMILES string of the molecule is CCCCCCC/C=C\C/C=C\CCCCCCCCCCCCCCCCCCCCCCCCCCCCCC(=O)OC(COC(=O)CCCCCCCCCCCCCCCCCCCCCCCCCCCCCCCCCCCCCCCCCCC)COP(=O)([O-])OCC[N+](C)(C)C. The van der Waals surface area contributed by atoms with Crippen molar-refractivity contribution in [2.24, 2.45) is 0 Å². The van der Waals surface area contributed by atoms with Crippen LogP contribution in [0.1, 0.15) is 515 Å². The Labute approximate surface area is 650 Å². The first-order chi connectivity index (χ1) is 51.0. The number of esters is 2. The number of phosphoric acid groups is 1.